The number of nitrogens with zero attached hydrogens (tertiary/aromatic N) is 1. The first kappa shape index (κ1) is 17.3. The topological polar surface area (TPSA) is 72.2 Å². The van der Waals surface area contributed by atoms with Crippen molar-refractivity contribution < 1.29 is 14.1 Å². The molecule has 0 unspecified atom stereocenters. The number of benzene rings is 2. The van der Waals surface area contributed by atoms with Crippen LogP contribution in [-0.4, -0.2) is 10.8 Å². The predicted octanol–water partition coefficient (Wildman–Crippen LogP) is 4.32. The lowest BCUT2D eigenvalue weighted by Gasteiger charge is -2.08. The Balaban J connectivity index is 0.00000116. The Labute approximate surface area is 127 Å². The maximum Gasteiger partial charge on any atom is 0.282 e. The maximum atomic E-state index is 13.1. The fourth-order valence-electron chi connectivity index (χ4n) is 1.74. The second-order valence-electron chi connectivity index (χ2n) is 4.19. The van der Waals surface area contributed by atoms with Crippen molar-refractivity contribution in [1.82, 2.24) is 0 Å². The summed E-state index contributed by atoms with van der Waals surface area (Å²) >= 11 is 0. The Kier molecular flexibility index (Phi) is 6.19. The van der Waals surface area contributed by atoms with E-state index in [1.807, 2.05) is 13.8 Å². The van der Waals surface area contributed by atoms with E-state index in [-0.39, 0.29) is 16.9 Å². The number of halogens is 1. The number of carbonyl (C=O) groups is 1. The Bertz CT molecular complexity index is 687. The van der Waals surface area contributed by atoms with Crippen LogP contribution in [0.25, 0.3) is 0 Å². The third kappa shape index (κ3) is 4.12. The van der Waals surface area contributed by atoms with E-state index in [9.17, 15) is 19.3 Å². The standard InChI is InChI=1S/C14H11FN2O3.C2H6/c1-9-6-7-10(15)8-12(9)16-14(18)11-4-2-3-5-13(11)17(19)20;1-2/h2-8H,1H3,(H,16,18);1-2H3. The first-order valence-corrected chi connectivity index (χ1v) is 6.80. The first-order chi connectivity index (χ1) is 10.5. The van der Waals surface area contributed by atoms with Gasteiger partial charge in [-0.3, -0.25) is 14.9 Å². The van der Waals surface area contributed by atoms with Gasteiger partial charge in [0.1, 0.15) is 11.4 Å². The summed E-state index contributed by atoms with van der Waals surface area (Å²) in [5.41, 5.74) is 0.590. The summed E-state index contributed by atoms with van der Waals surface area (Å²) in [4.78, 5) is 22.3. The summed E-state index contributed by atoms with van der Waals surface area (Å²) in [7, 11) is 0. The number of carbonyl (C=O) groups excluding carboxylic acids is 1. The first-order valence-electron chi connectivity index (χ1n) is 6.80. The van der Waals surface area contributed by atoms with Crippen molar-refractivity contribution in [3.05, 3.63) is 69.5 Å². The Hall–Kier alpha value is -2.76. The van der Waals surface area contributed by atoms with Crippen molar-refractivity contribution in [3.63, 3.8) is 0 Å². The molecule has 0 aliphatic carbocycles. The molecule has 1 amide bonds. The van der Waals surface area contributed by atoms with Gasteiger partial charge in [-0.25, -0.2) is 4.39 Å². The molecule has 0 aliphatic heterocycles. The van der Waals surface area contributed by atoms with E-state index >= 15 is 0 Å². The molecular weight excluding hydrogens is 287 g/mol. The normalized spacial score (nSPS) is 9.45. The van der Waals surface area contributed by atoms with Crippen molar-refractivity contribution >= 4 is 17.3 Å². The predicted molar refractivity (Wildman–Crippen MR) is 83.5 cm³/mol. The number of nitrogens with one attached hydrogen (secondary N) is 1. The van der Waals surface area contributed by atoms with Crippen LogP contribution in [0.2, 0.25) is 0 Å². The Morgan fingerprint density at radius 3 is 2.45 bits per heavy atom. The summed E-state index contributed by atoms with van der Waals surface area (Å²) in [5.74, 6) is -1.14. The molecule has 0 bridgehead atoms. The van der Waals surface area contributed by atoms with E-state index in [1.165, 1.54) is 42.5 Å². The van der Waals surface area contributed by atoms with Crippen LogP contribution >= 0.6 is 0 Å². The van der Waals surface area contributed by atoms with Crippen LogP contribution in [0.3, 0.4) is 0 Å². The molecule has 0 aliphatic rings. The second kappa shape index (κ2) is 7.87. The number of nitro groups is 1. The molecule has 116 valence electrons. The number of para-hydroxylation sites is 1. The molecule has 22 heavy (non-hydrogen) atoms. The number of amides is 1. The molecule has 6 heteroatoms. The van der Waals surface area contributed by atoms with Crippen LogP contribution in [0.15, 0.2) is 42.5 Å². The summed E-state index contributed by atoms with van der Waals surface area (Å²) in [5, 5.41) is 13.3. The lowest BCUT2D eigenvalue weighted by atomic mass is 10.1. The molecule has 0 aromatic heterocycles. The third-order valence-corrected chi connectivity index (χ3v) is 2.79. The number of hydrogen-bond acceptors (Lipinski definition) is 3. The molecule has 0 fully saturated rings. The molecule has 0 saturated carbocycles. The number of hydrogen-bond donors (Lipinski definition) is 1. The summed E-state index contributed by atoms with van der Waals surface area (Å²) in [6.45, 7) is 5.70. The number of nitro benzene ring substituents is 1. The van der Waals surface area contributed by atoms with Gasteiger partial charge >= 0.3 is 0 Å². The van der Waals surface area contributed by atoms with Crippen molar-refractivity contribution in [2.24, 2.45) is 0 Å². The summed E-state index contributed by atoms with van der Waals surface area (Å²) in [6.07, 6.45) is 0. The minimum absolute atomic E-state index is 0.0684. The van der Waals surface area contributed by atoms with E-state index in [1.54, 1.807) is 6.92 Å². The molecule has 5 nitrogen and oxygen atoms in total. The molecule has 2 aromatic rings. The van der Waals surface area contributed by atoms with Gasteiger partial charge < -0.3 is 5.32 Å². The highest BCUT2D eigenvalue weighted by Crippen LogP contribution is 2.21. The van der Waals surface area contributed by atoms with Crippen molar-refractivity contribution in [1.29, 1.82) is 0 Å². The monoisotopic (exact) mass is 304 g/mol. The SMILES string of the molecule is CC.Cc1ccc(F)cc1NC(=O)c1ccccc1[N+](=O)[O-]. The zero-order chi connectivity index (χ0) is 16.7. The van der Waals surface area contributed by atoms with Crippen molar-refractivity contribution in [3.8, 4) is 0 Å². The molecule has 0 radical (unpaired) electrons. The van der Waals surface area contributed by atoms with Crippen LogP contribution < -0.4 is 5.32 Å². The van der Waals surface area contributed by atoms with Gasteiger partial charge in [-0.2, -0.15) is 0 Å². The molecule has 2 aromatic carbocycles. The quantitative estimate of drug-likeness (QED) is 0.678. The molecular formula is C16H17FN2O3. The van der Waals surface area contributed by atoms with Crippen molar-refractivity contribution in [2.45, 2.75) is 20.8 Å². The number of rotatable bonds is 3. The second-order valence-corrected chi connectivity index (χ2v) is 4.19. The lowest BCUT2D eigenvalue weighted by molar-refractivity contribution is -0.385. The molecule has 0 spiro atoms. The summed E-state index contributed by atoms with van der Waals surface area (Å²) < 4.78 is 13.1. The van der Waals surface area contributed by atoms with Gasteiger partial charge in [-0.1, -0.05) is 32.0 Å². The average Bonchev–Trinajstić information content (AvgIpc) is 2.52. The molecule has 2 rings (SSSR count). The molecule has 0 heterocycles. The van der Waals surface area contributed by atoms with Crippen LogP contribution in [0.1, 0.15) is 29.8 Å². The van der Waals surface area contributed by atoms with Crippen molar-refractivity contribution in [2.75, 3.05) is 5.32 Å². The maximum absolute atomic E-state index is 13.1. The van der Waals surface area contributed by atoms with E-state index in [0.717, 1.165) is 0 Å². The van der Waals surface area contributed by atoms with Crippen LogP contribution in [0.5, 0.6) is 0 Å². The summed E-state index contributed by atoms with van der Waals surface area (Å²) in [6, 6.07) is 9.56. The largest absolute Gasteiger partial charge is 0.321 e. The third-order valence-electron chi connectivity index (χ3n) is 2.79. The molecule has 1 N–H and O–H groups in total. The highest BCUT2D eigenvalue weighted by Gasteiger charge is 2.19. The fraction of sp³-hybridized carbons (Fsp3) is 0.188. The van der Waals surface area contributed by atoms with Gasteiger partial charge in [0.2, 0.25) is 0 Å². The smallest absolute Gasteiger partial charge is 0.282 e. The van der Waals surface area contributed by atoms with Gasteiger partial charge in [0.15, 0.2) is 0 Å². The Morgan fingerprint density at radius 1 is 1.18 bits per heavy atom. The van der Waals surface area contributed by atoms with E-state index in [2.05, 4.69) is 5.32 Å². The van der Waals surface area contributed by atoms with E-state index in [0.29, 0.717) is 5.56 Å². The lowest BCUT2D eigenvalue weighted by Crippen LogP contribution is -2.14. The van der Waals surface area contributed by atoms with Gasteiger partial charge in [0.05, 0.1) is 4.92 Å². The van der Waals surface area contributed by atoms with Gasteiger partial charge in [-0.05, 0) is 30.7 Å². The molecule has 0 saturated heterocycles. The number of aryl methyl sites for hydroxylation is 1. The van der Waals surface area contributed by atoms with Crippen LogP contribution in [-0.2, 0) is 0 Å². The number of anilines is 1. The van der Waals surface area contributed by atoms with Gasteiger partial charge in [0.25, 0.3) is 11.6 Å². The minimum Gasteiger partial charge on any atom is -0.321 e. The average molecular weight is 304 g/mol. The highest BCUT2D eigenvalue weighted by atomic mass is 19.1. The van der Waals surface area contributed by atoms with E-state index in [4.69, 9.17) is 0 Å². The zero-order valence-corrected chi connectivity index (χ0v) is 12.6. The van der Waals surface area contributed by atoms with Crippen LogP contribution in [0, 0.1) is 22.9 Å². The van der Waals surface area contributed by atoms with Gasteiger partial charge in [-0.15, -0.1) is 0 Å². The minimum atomic E-state index is -0.647. The zero-order valence-electron chi connectivity index (χ0n) is 12.6. The fourth-order valence-corrected chi connectivity index (χ4v) is 1.74. The highest BCUT2D eigenvalue weighted by molar-refractivity contribution is 6.07. The van der Waals surface area contributed by atoms with Crippen LogP contribution in [0.4, 0.5) is 15.8 Å². The van der Waals surface area contributed by atoms with Gasteiger partial charge in [0, 0.05) is 11.8 Å². The molecule has 0 atom stereocenters. The Morgan fingerprint density at radius 2 is 1.82 bits per heavy atom. The van der Waals surface area contributed by atoms with E-state index < -0.39 is 16.6 Å².